The average Bonchev–Trinajstić information content (AvgIpc) is 2.92. The fraction of sp³-hybridized carbons (Fsp3) is 0.200. The van der Waals surface area contributed by atoms with Crippen LogP contribution in [0.1, 0.15) is 16.7 Å². The molecule has 0 aliphatic carbocycles. The fourth-order valence-electron chi connectivity index (χ4n) is 2.59. The smallest absolute Gasteiger partial charge is 0.263 e. The number of nitrogens with one attached hydrogen (secondary N) is 1. The standard InChI is InChI=1S/C20H18ClNO3S2/c1-12-3-5-16(13(2)9-12)24-7-8-25-17-6-4-15(21)10-14(17)11-18-19(23)22-20(26)27-18/h3-6,9-11H,7-8H2,1-2H3,(H,22,23,26)/b18-11+. The summed E-state index contributed by atoms with van der Waals surface area (Å²) in [5.74, 6) is 1.26. The average molecular weight is 420 g/mol. The summed E-state index contributed by atoms with van der Waals surface area (Å²) in [6, 6.07) is 11.3. The number of halogens is 1. The lowest BCUT2D eigenvalue weighted by Gasteiger charge is -2.12. The minimum absolute atomic E-state index is 0.214. The van der Waals surface area contributed by atoms with Gasteiger partial charge in [0.15, 0.2) is 0 Å². The van der Waals surface area contributed by atoms with Crippen molar-refractivity contribution in [3.63, 3.8) is 0 Å². The summed E-state index contributed by atoms with van der Waals surface area (Å²) in [5, 5.41) is 3.16. The summed E-state index contributed by atoms with van der Waals surface area (Å²) in [4.78, 5) is 12.4. The molecular weight excluding hydrogens is 402 g/mol. The summed E-state index contributed by atoms with van der Waals surface area (Å²) in [5.41, 5.74) is 3.01. The first kappa shape index (κ1) is 19.7. The third kappa shape index (κ3) is 5.25. The quantitative estimate of drug-likeness (QED) is 0.410. The maximum atomic E-state index is 11.9. The van der Waals surface area contributed by atoms with Crippen LogP contribution in [0.2, 0.25) is 5.02 Å². The second kappa shape index (κ2) is 8.78. The first-order valence-electron chi connectivity index (χ1n) is 8.29. The summed E-state index contributed by atoms with van der Waals surface area (Å²) >= 11 is 12.3. The minimum Gasteiger partial charge on any atom is -0.490 e. The molecule has 0 atom stereocenters. The molecule has 0 bridgehead atoms. The van der Waals surface area contributed by atoms with Crippen LogP contribution in [0, 0.1) is 13.8 Å². The molecule has 0 saturated carbocycles. The van der Waals surface area contributed by atoms with E-state index in [1.54, 1.807) is 24.3 Å². The third-order valence-corrected chi connectivity index (χ3v) is 5.23. The van der Waals surface area contributed by atoms with Crippen LogP contribution in [0.25, 0.3) is 6.08 Å². The first-order valence-corrected chi connectivity index (χ1v) is 9.90. The molecular formula is C20H18ClNO3S2. The zero-order valence-electron chi connectivity index (χ0n) is 14.9. The summed E-state index contributed by atoms with van der Waals surface area (Å²) in [6.45, 7) is 4.83. The van der Waals surface area contributed by atoms with Crippen molar-refractivity contribution in [2.75, 3.05) is 13.2 Å². The molecule has 0 unspecified atom stereocenters. The Labute approximate surface area is 172 Å². The monoisotopic (exact) mass is 419 g/mol. The highest BCUT2D eigenvalue weighted by Crippen LogP contribution is 2.31. The largest absolute Gasteiger partial charge is 0.490 e. The van der Waals surface area contributed by atoms with E-state index in [1.165, 1.54) is 17.3 Å². The number of carbonyl (C=O) groups excluding carboxylic acids is 1. The van der Waals surface area contributed by atoms with E-state index in [1.807, 2.05) is 26.0 Å². The van der Waals surface area contributed by atoms with Crippen molar-refractivity contribution in [2.24, 2.45) is 0 Å². The van der Waals surface area contributed by atoms with Crippen molar-refractivity contribution in [1.82, 2.24) is 5.32 Å². The van der Waals surface area contributed by atoms with Gasteiger partial charge in [-0.3, -0.25) is 4.79 Å². The molecule has 3 rings (SSSR count). The molecule has 1 saturated heterocycles. The van der Waals surface area contributed by atoms with Gasteiger partial charge < -0.3 is 14.8 Å². The number of thiocarbonyl (C=S) groups is 1. The molecule has 1 fully saturated rings. The summed E-state index contributed by atoms with van der Waals surface area (Å²) in [6.07, 6.45) is 1.73. The van der Waals surface area contributed by atoms with Gasteiger partial charge in [0, 0.05) is 10.6 Å². The minimum atomic E-state index is -0.214. The number of thioether (sulfide) groups is 1. The Bertz CT molecular complexity index is 927. The molecule has 1 aliphatic rings. The van der Waals surface area contributed by atoms with E-state index in [9.17, 15) is 4.79 Å². The zero-order chi connectivity index (χ0) is 19.4. The maximum absolute atomic E-state index is 11.9. The topological polar surface area (TPSA) is 47.6 Å². The molecule has 2 aromatic rings. The van der Waals surface area contributed by atoms with Gasteiger partial charge >= 0.3 is 0 Å². The lowest BCUT2D eigenvalue weighted by Crippen LogP contribution is -2.17. The van der Waals surface area contributed by atoms with Crippen LogP contribution in [-0.2, 0) is 4.79 Å². The first-order chi connectivity index (χ1) is 12.9. The lowest BCUT2D eigenvalue weighted by atomic mass is 10.1. The molecule has 0 spiro atoms. The number of hydrogen-bond acceptors (Lipinski definition) is 5. The van der Waals surface area contributed by atoms with Crippen LogP contribution in [-0.4, -0.2) is 23.4 Å². The highest BCUT2D eigenvalue weighted by molar-refractivity contribution is 8.26. The van der Waals surface area contributed by atoms with E-state index in [4.69, 9.17) is 33.3 Å². The predicted octanol–water partition coefficient (Wildman–Crippen LogP) is 4.90. The van der Waals surface area contributed by atoms with Gasteiger partial charge in [-0.2, -0.15) is 0 Å². The van der Waals surface area contributed by atoms with Gasteiger partial charge in [0.2, 0.25) is 0 Å². The molecule has 2 aromatic carbocycles. The highest BCUT2D eigenvalue weighted by atomic mass is 35.5. The zero-order valence-corrected chi connectivity index (χ0v) is 17.3. The number of carbonyl (C=O) groups is 1. The maximum Gasteiger partial charge on any atom is 0.263 e. The molecule has 0 aromatic heterocycles. The van der Waals surface area contributed by atoms with E-state index < -0.39 is 0 Å². The van der Waals surface area contributed by atoms with Crippen molar-refractivity contribution >= 4 is 51.9 Å². The van der Waals surface area contributed by atoms with Crippen molar-refractivity contribution in [3.8, 4) is 11.5 Å². The molecule has 7 heteroatoms. The molecule has 1 heterocycles. The Hall–Kier alpha value is -2.02. The molecule has 140 valence electrons. The fourth-order valence-corrected chi connectivity index (χ4v) is 3.81. The number of benzene rings is 2. The van der Waals surface area contributed by atoms with Gasteiger partial charge in [0.25, 0.3) is 5.91 Å². The normalized spacial score (nSPS) is 15.1. The van der Waals surface area contributed by atoms with Gasteiger partial charge in [-0.05, 0) is 49.8 Å². The molecule has 1 aliphatic heterocycles. The van der Waals surface area contributed by atoms with E-state index in [-0.39, 0.29) is 5.91 Å². The van der Waals surface area contributed by atoms with Crippen LogP contribution in [0.3, 0.4) is 0 Å². The molecule has 1 amide bonds. The van der Waals surface area contributed by atoms with Crippen LogP contribution in [0.5, 0.6) is 11.5 Å². The number of amides is 1. The summed E-state index contributed by atoms with van der Waals surface area (Å²) in [7, 11) is 0. The van der Waals surface area contributed by atoms with E-state index in [0.29, 0.717) is 33.2 Å². The van der Waals surface area contributed by atoms with E-state index in [0.717, 1.165) is 16.9 Å². The number of ether oxygens (including phenoxy) is 2. The van der Waals surface area contributed by atoms with E-state index in [2.05, 4.69) is 11.4 Å². The Morgan fingerprint density at radius 1 is 1.11 bits per heavy atom. The SMILES string of the molecule is Cc1ccc(OCCOc2ccc(Cl)cc2/C=C2/SC(=S)NC2=O)c(C)c1. The third-order valence-electron chi connectivity index (χ3n) is 3.83. The van der Waals surface area contributed by atoms with Gasteiger partial charge in [-0.25, -0.2) is 0 Å². The molecule has 1 N–H and O–H groups in total. The number of aryl methyl sites for hydroxylation is 2. The van der Waals surface area contributed by atoms with Crippen LogP contribution >= 0.6 is 35.6 Å². The second-order valence-corrected chi connectivity index (χ2v) is 8.16. The van der Waals surface area contributed by atoms with Crippen LogP contribution in [0.4, 0.5) is 0 Å². The van der Waals surface area contributed by atoms with Gasteiger partial charge in [0.1, 0.15) is 29.0 Å². The van der Waals surface area contributed by atoms with Crippen LogP contribution < -0.4 is 14.8 Å². The van der Waals surface area contributed by atoms with Crippen LogP contribution in [0.15, 0.2) is 41.3 Å². The van der Waals surface area contributed by atoms with Gasteiger partial charge in [0.05, 0.1) is 4.91 Å². The number of rotatable bonds is 6. The highest BCUT2D eigenvalue weighted by Gasteiger charge is 2.22. The van der Waals surface area contributed by atoms with Crippen molar-refractivity contribution in [2.45, 2.75) is 13.8 Å². The molecule has 0 radical (unpaired) electrons. The van der Waals surface area contributed by atoms with Gasteiger partial charge in [-0.1, -0.05) is 53.3 Å². The lowest BCUT2D eigenvalue weighted by molar-refractivity contribution is -0.115. The molecule has 27 heavy (non-hydrogen) atoms. The van der Waals surface area contributed by atoms with Crippen molar-refractivity contribution in [3.05, 3.63) is 63.0 Å². The number of hydrogen-bond donors (Lipinski definition) is 1. The van der Waals surface area contributed by atoms with E-state index >= 15 is 0 Å². The van der Waals surface area contributed by atoms with Crippen molar-refractivity contribution < 1.29 is 14.3 Å². The summed E-state index contributed by atoms with van der Waals surface area (Å²) < 4.78 is 12.1. The molecule has 4 nitrogen and oxygen atoms in total. The van der Waals surface area contributed by atoms with Crippen molar-refractivity contribution in [1.29, 1.82) is 0 Å². The Morgan fingerprint density at radius 3 is 2.48 bits per heavy atom. The predicted molar refractivity (Wildman–Crippen MR) is 115 cm³/mol. The van der Waals surface area contributed by atoms with Gasteiger partial charge in [-0.15, -0.1) is 0 Å². The Balaban J connectivity index is 1.66. The Morgan fingerprint density at radius 2 is 1.81 bits per heavy atom. The Kier molecular flexibility index (Phi) is 6.42. The second-order valence-electron chi connectivity index (χ2n) is 6.00.